The molecule has 0 amide bonds. The van der Waals surface area contributed by atoms with Gasteiger partial charge in [0.2, 0.25) is 0 Å². The van der Waals surface area contributed by atoms with Gasteiger partial charge in [-0.1, -0.05) is 6.92 Å². The number of hydrogen-bond acceptors (Lipinski definition) is 3. The Hall–Kier alpha value is -0.720. The molecule has 0 saturated heterocycles. The maximum Gasteiger partial charge on any atom is 0.0768 e. The molecule has 0 aliphatic carbocycles. The predicted molar refractivity (Wildman–Crippen MR) is 78.2 cm³/mol. The summed E-state index contributed by atoms with van der Waals surface area (Å²) in [6.45, 7) is 3.02. The summed E-state index contributed by atoms with van der Waals surface area (Å²) >= 11 is 6.86. The number of rotatable bonds is 4. The first-order valence-electron chi connectivity index (χ1n) is 5.70. The van der Waals surface area contributed by atoms with Crippen molar-refractivity contribution in [2.75, 3.05) is 0 Å². The van der Waals surface area contributed by atoms with Crippen LogP contribution in [0, 0.1) is 0 Å². The van der Waals surface area contributed by atoms with Crippen molar-refractivity contribution in [3.05, 3.63) is 44.9 Å². The number of nitrogens with zero attached hydrogens (tertiary/aromatic N) is 3. The average molecular weight is 374 g/mol. The second kappa shape index (κ2) is 5.95. The van der Waals surface area contributed by atoms with E-state index in [1.165, 1.54) is 0 Å². The first-order chi connectivity index (χ1) is 8.61. The Morgan fingerprint density at radius 2 is 2.17 bits per heavy atom. The summed E-state index contributed by atoms with van der Waals surface area (Å²) < 4.78 is 3.72. The number of aromatic nitrogens is 3. The van der Waals surface area contributed by atoms with Gasteiger partial charge in [-0.05, 0) is 44.3 Å². The molecule has 0 fully saturated rings. The fourth-order valence-electron chi connectivity index (χ4n) is 1.70. The first-order valence-corrected chi connectivity index (χ1v) is 7.29. The summed E-state index contributed by atoms with van der Waals surface area (Å²) in [6, 6.07) is 1.68. The Labute approximate surface area is 123 Å². The van der Waals surface area contributed by atoms with Gasteiger partial charge in [-0.3, -0.25) is 9.67 Å². The normalized spacial score (nSPS) is 12.7. The molecule has 2 heterocycles. The van der Waals surface area contributed by atoms with Gasteiger partial charge < -0.3 is 5.73 Å². The van der Waals surface area contributed by atoms with Crippen LogP contribution in [0.4, 0.5) is 0 Å². The molecule has 2 rings (SSSR count). The minimum Gasteiger partial charge on any atom is -0.319 e. The number of halogens is 2. The lowest BCUT2D eigenvalue weighted by molar-refractivity contribution is 0.601. The maximum atomic E-state index is 6.22. The van der Waals surface area contributed by atoms with Gasteiger partial charge in [0.1, 0.15) is 0 Å². The van der Waals surface area contributed by atoms with Gasteiger partial charge in [0, 0.05) is 33.4 Å². The summed E-state index contributed by atoms with van der Waals surface area (Å²) in [5.41, 5.74) is 8.00. The molecule has 1 atom stereocenters. The van der Waals surface area contributed by atoms with E-state index in [2.05, 4.69) is 48.9 Å². The molecule has 18 heavy (non-hydrogen) atoms. The van der Waals surface area contributed by atoms with Gasteiger partial charge in [0.15, 0.2) is 0 Å². The van der Waals surface area contributed by atoms with Crippen LogP contribution in [0.1, 0.15) is 30.6 Å². The molecule has 0 saturated carbocycles. The lowest BCUT2D eigenvalue weighted by Crippen LogP contribution is -2.13. The molecular formula is C12H14Br2N4. The van der Waals surface area contributed by atoms with Gasteiger partial charge in [-0.15, -0.1) is 0 Å². The lowest BCUT2D eigenvalue weighted by atomic mass is 10.1. The number of aryl methyl sites for hydroxylation is 1. The quantitative estimate of drug-likeness (QED) is 0.894. The van der Waals surface area contributed by atoms with Crippen LogP contribution in [-0.4, -0.2) is 14.8 Å². The molecule has 0 radical (unpaired) electrons. The van der Waals surface area contributed by atoms with Gasteiger partial charge in [0.25, 0.3) is 0 Å². The zero-order valence-electron chi connectivity index (χ0n) is 9.98. The number of nitrogens with two attached hydrogens (primary N) is 1. The third kappa shape index (κ3) is 2.99. The van der Waals surface area contributed by atoms with Crippen molar-refractivity contribution in [3.63, 3.8) is 0 Å². The van der Waals surface area contributed by atoms with Crippen molar-refractivity contribution in [2.24, 2.45) is 5.73 Å². The largest absolute Gasteiger partial charge is 0.319 e. The van der Waals surface area contributed by atoms with E-state index in [0.29, 0.717) is 0 Å². The summed E-state index contributed by atoms with van der Waals surface area (Å²) in [5, 5.41) is 4.28. The third-order valence-corrected chi connectivity index (χ3v) is 3.66. The number of hydrogen-bond donors (Lipinski definition) is 1. The van der Waals surface area contributed by atoms with E-state index in [1.807, 2.05) is 16.9 Å². The first kappa shape index (κ1) is 13.7. The molecule has 0 spiro atoms. The molecule has 0 aliphatic heterocycles. The number of pyridine rings is 1. The Balaban J connectivity index is 2.26. The topological polar surface area (TPSA) is 56.7 Å². The van der Waals surface area contributed by atoms with Crippen LogP contribution in [-0.2, 0) is 6.54 Å². The van der Waals surface area contributed by atoms with Crippen molar-refractivity contribution >= 4 is 31.9 Å². The van der Waals surface area contributed by atoms with Crippen molar-refractivity contribution in [1.82, 2.24) is 14.8 Å². The monoisotopic (exact) mass is 372 g/mol. The highest BCUT2D eigenvalue weighted by molar-refractivity contribution is 9.11. The summed E-state index contributed by atoms with van der Waals surface area (Å²) in [5.74, 6) is 0. The van der Waals surface area contributed by atoms with E-state index < -0.39 is 0 Å². The zero-order chi connectivity index (χ0) is 13.1. The van der Waals surface area contributed by atoms with E-state index in [4.69, 9.17) is 5.73 Å². The van der Waals surface area contributed by atoms with Crippen LogP contribution in [0.15, 0.2) is 33.6 Å². The highest BCUT2D eigenvalue weighted by Crippen LogP contribution is 2.27. The lowest BCUT2D eigenvalue weighted by Gasteiger charge is -2.11. The minimum absolute atomic E-state index is 0.266. The van der Waals surface area contributed by atoms with E-state index >= 15 is 0 Å². The molecule has 0 aliphatic rings. The second-order valence-electron chi connectivity index (χ2n) is 4.04. The van der Waals surface area contributed by atoms with Gasteiger partial charge >= 0.3 is 0 Å². The summed E-state index contributed by atoms with van der Waals surface area (Å²) in [4.78, 5) is 4.35. The van der Waals surface area contributed by atoms with Crippen LogP contribution in [0.25, 0.3) is 0 Å². The minimum atomic E-state index is -0.266. The van der Waals surface area contributed by atoms with E-state index in [-0.39, 0.29) is 6.04 Å². The predicted octanol–water partition coefficient (Wildman–Crippen LogP) is 3.26. The van der Waals surface area contributed by atoms with Crippen LogP contribution >= 0.6 is 31.9 Å². The van der Waals surface area contributed by atoms with Gasteiger partial charge in [-0.2, -0.15) is 5.10 Å². The maximum absolute atomic E-state index is 6.22. The van der Waals surface area contributed by atoms with E-state index in [9.17, 15) is 0 Å². The highest BCUT2D eigenvalue weighted by Gasteiger charge is 2.15. The molecule has 1 unspecified atom stereocenters. The van der Waals surface area contributed by atoms with E-state index in [0.717, 1.165) is 33.2 Å². The smallest absolute Gasteiger partial charge is 0.0768 e. The Morgan fingerprint density at radius 3 is 2.83 bits per heavy atom. The zero-order valence-corrected chi connectivity index (χ0v) is 13.1. The molecule has 4 nitrogen and oxygen atoms in total. The highest BCUT2D eigenvalue weighted by atomic mass is 79.9. The van der Waals surface area contributed by atoms with Crippen molar-refractivity contribution in [3.8, 4) is 0 Å². The molecule has 2 N–H and O–H groups in total. The molecule has 0 aromatic carbocycles. The Morgan fingerprint density at radius 1 is 1.39 bits per heavy atom. The van der Waals surface area contributed by atoms with E-state index in [1.54, 1.807) is 12.4 Å². The SMILES string of the molecule is CCCn1cc(C(N)c2ncc(Br)cc2Br)cn1. The molecule has 6 heteroatoms. The Bertz CT molecular complexity index is 539. The summed E-state index contributed by atoms with van der Waals surface area (Å²) in [7, 11) is 0. The van der Waals surface area contributed by atoms with Crippen molar-refractivity contribution < 1.29 is 0 Å². The molecule has 0 bridgehead atoms. The standard InChI is InChI=1S/C12H14Br2N4/c1-2-3-18-7-8(5-17-18)11(15)12-10(14)4-9(13)6-16-12/h4-7,11H,2-3,15H2,1H3. The fraction of sp³-hybridized carbons (Fsp3) is 0.333. The molecular weight excluding hydrogens is 360 g/mol. The van der Waals surface area contributed by atoms with Crippen LogP contribution in [0.5, 0.6) is 0 Å². The summed E-state index contributed by atoms with van der Waals surface area (Å²) in [6.07, 6.45) is 6.58. The van der Waals surface area contributed by atoms with Gasteiger partial charge in [-0.25, -0.2) is 0 Å². The Kier molecular flexibility index (Phi) is 4.53. The molecule has 2 aromatic heterocycles. The van der Waals surface area contributed by atoms with Crippen LogP contribution < -0.4 is 5.73 Å². The van der Waals surface area contributed by atoms with Crippen LogP contribution in [0.3, 0.4) is 0 Å². The average Bonchev–Trinajstić information content (AvgIpc) is 2.77. The van der Waals surface area contributed by atoms with Crippen molar-refractivity contribution in [2.45, 2.75) is 25.9 Å². The fourth-order valence-corrected chi connectivity index (χ4v) is 2.94. The van der Waals surface area contributed by atoms with Crippen LogP contribution in [0.2, 0.25) is 0 Å². The van der Waals surface area contributed by atoms with Gasteiger partial charge in [0.05, 0.1) is 17.9 Å². The molecule has 96 valence electrons. The van der Waals surface area contributed by atoms with Crippen molar-refractivity contribution in [1.29, 1.82) is 0 Å². The third-order valence-electron chi connectivity index (χ3n) is 2.60. The molecule has 2 aromatic rings. The second-order valence-corrected chi connectivity index (χ2v) is 5.81.